The van der Waals surface area contributed by atoms with Gasteiger partial charge < -0.3 is 4.57 Å². The largest absolute Gasteiger partial charge is 0.341 e. The number of hydrogen-bond acceptors (Lipinski definition) is 0. The van der Waals surface area contributed by atoms with Crippen molar-refractivity contribution in [2.24, 2.45) is 0 Å². The van der Waals surface area contributed by atoms with Gasteiger partial charge in [-0.3, -0.25) is 0 Å². The summed E-state index contributed by atoms with van der Waals surface area (Å²) in [6, 6.07) is 8.64. The third-order valence-corrected chi connectivity index (χ3v) is 3.20. The maximum Gasteiger partial charge on any atom is 0.0491 e. The molecule has 1 heteroatoms. The molecule has 2 aromatic rings. The van der Waals surface area contributed by atoms with E-state index in [0.717, 1.165) is 13.0 Å². The summed E-state index contributed by atoms with van der Waals surface area (Å²) in [7, 11) is 0. The topological polar surface area (TPSA) is 4.93 Å². The Morgan fingerprint density at radius 3 is 2.30 bits per heavy atom. The molecule has 0 amide bonds. The smallest absolute Gasteiger partial charge is 0.0491 e. The lowest BCUT2D eigenvalue weighted by atomic mass is 10.1. The van der Waals surface area contributed by atoms with E-state index in [2.05, 4.69) is 60.1 Å². The predicted molar refractivity (Wildman–Crippen MR) is 93.0 cm³/mol. The summed E-state index contributed by atoms with van der Waals surface area (Å²) >= 11 is 0. The highest BCUT2D eigenvalue weighted by Crippen LogP contribution is 2.29. The van der Waals surface area contributed by atoms with Gasteiger partial charge in [-0.2, -0.15) is 0 Å². The molecule has 3 rings (SSSR count). The van der Waals surface area contributed by atoms with Crippen molar-refractivity contribution in [1.82, 2.24) is 4.57 Å². The summed E-state index contributed by atoms with van der Waals surface area (Å²) in [5.41, 5.74) is 4.05. The Kier molecular flexibility index (Phi) is 6.86. The Balaban J connectivity index is 0.000000461. The first-order chi connectivity index (χ1) is 9.92. The zero-order chi connectivity index (χ0) is 15.0. The van der Waals surface area contributed by atoms with Crippen molar-refractivity contribution in [3.05, 3.63) is 47.7 Å². The molecule has 1 aromatic carbocycles. The summed E-state index contributed by atoms with van der Waals surface area (Å²) < 4.78 is 2.39. The maximum atomic E-state index is 2.39. The molecular formula is C19H27N. The Morgan fingerprint density at radius 2 is 1.60 bits per heavy atom. The third kappa shape index (κ3) is 3.04. The highest BCUT2D eigenvalue weighted by atomic mass is 15.0. The Bertz CT molecular complexity index is 585. The fraction of sp³-hybridized carbons (Fsp3) is 0.368. The Hall–Kier alpha value is -1.76. The normalized spacial score (nSPS) is 11.8. The van der Waals surface area contributed by atoms with Crippen LogP contribution in [0.25, 0.3) is 23.1 Å². The van der Waals surface area contributed by atoms with E-state index in [1.807, 2.05) is 27.7 Å². The summed E-state index contributed by atoms with van der Waals surface area (Å²) in [5.74, 6) is 0. The van der Waals surface area contributed by atoms with Crippen LogP contribution in [0.4, 0.5) is 0 Å². The van der Waals surface area contributed by atoms with Crippen molar-refractivity contribution in [3.63, 3.8) is 0 Å². The molecule has 0 fully saturated rings. The van der Waals surface area contributed by atoms with Gasteiger partial charge in [0.1, 0.15) is 0 Å². The van der Waals surface area contributed by atoms with E-state index in [1.165, 1.54) is 22.2 Å². The minimum Gasteiger partial charge on any atom is -0.341 e. The van der Waals surface area contributed by atoms with Crippen LogP contribution in [-0.4, -0.2) is 4.57 Å². The van der Waals surface area contributed by atoms with E-state index in [9.17, 15) is 0 Å². The van der Waals surface area contributed by atoms with Crippen molar-refractivity contribution < 1.29 is 0 Å². The standard InChI is InChI=1S/C15H15N.2C2H6/c1-2-16-14-10-5-3-4-8-12(14)13-9-6-7-11-15(13)16;2*1-2/h4-11H,2-3H2,1H3;2*1-2H3. The highest BCUT2D eigenvalue weighted by molar-refractivity contribution is 5.94. The summed E-state index contributed by atoms with van der Waals surface area (Å²) in [4.78, 5) is 0. The first kappa shape index (κ1) is 16.3. The summed E-state index contributed by atoms with van der Waals surface area (Å²) in [5, 5.41) is 1.36. The van der Waals surface area contributed by atoms with Gasteiger partial charge in [0.2, 0.25) is 0 Å². The maximum absolute atomic E-state index is 2.39. The van der Waals surface area contributed by atoms with Crippen molar-refractivity contribution in [2.75, 3.05) is 0 Å². The van der Waals surface area contributed by atoms with Crippen LogP contribution in [0.3, 0.4) is 0 Å². The van der Waals surface area contributed by atoms with E-state index < -0.39 is 0 Å². The Labute approximate surface area is 123 Å². The molecule has 1 heterocycles. The molecule has 0 bridgehead atoms. The molecule has 0 unspecified atom stereocenters. The van der Waals surface area contributed by atoms with Crippen LogP contribution >= 0.6 is 0 Å². The number of rotatable bonds is 1. The second-order valence-corrected chi connectivity index (χ2v) is 4.10. The third-order valence-electron chi connectivity index (χ3n) is 3.20. The van der Waals surface area contributed by atoms with Crippen LogP contribution in [0.15, 0.2) is 36.4 Å². The van der Waals surface area contributed by atoms with Crippen molar-refractivity contribution in [1.29, 1.82) is 0 Å². The fourth-order valence-electron chi connectivity index (χ4n) is 2.49. The van der Waals surface area contributed by atoms with E-state index in [4.69, 9.17) is 0 Å². The van der Waals surface area contributed by atoms with E-state index in [0.29, 0.717) is 0 Å². The number of allylic oxidation sites excluding steroid dienone is 2. The molecule has 0 spiro atoms. The average molecular weight is 269 g/mol. The number of aryl methyl sites for hydroxylation is 1. The molecule has 0 aliphatic heterocycles. The number of nitrogens with zero attached hydrogens (tertiary/aromatic N) is 1. The van der Waals surface area contributed by atoms with Crippen molar-refractivity contribution in [2.45, 2.75) is 47.6 Å². The molecule has 108 valence electrons. The second-order valence-electron chi connectivity index (χ2n) is 4.10. The quantitative estimate of drug-likeness (QED) is 0.585. The van der Waals surface area contributed by atoms with Crippen LogP contribution in [-0.2, 0) is 6.54 Å². The molecule has 1 nitrogen and oxygen atoms in total. The average Bonchev–Trinajstić information content (AvgIpc) is 2.68. The second kappa shape index (κ2) is 8.42. The van der Waals surface area contributed by atoms with Gasteiger partial charge >= 0.3 is 0 Å². The molecule has 20 heavy (non-hydrogen) atoms. The van der Waals surface area contributed by atoms with Gasteiger partial charge in [-0.25, -0.2) is 0 Å². The molecule has 0 atom stereocenters. The minimum atomic E-state index is 1.02. The SMILES string of the molecule is CC.CC.CCn1c2c(c3ccccc31)C=CCC=C2. The van der Waals surface area contributed by atoms with Crippen LogP contribution < -0.4 is 0 Å². The van der Waals surface area contributed by atoms with Crippen molar-refractivity contribution in [3.8, 4) is 0 Å². The minimum absolute atomic E-state index is 1.02. The van der Waals surface area contributed by atoms with Gasteiger partial charge in [-0.05, 0) is 25.5 Å². The zero-order valence-electron chi connectivity index (χ0n) is 13.5. The number of hydrogen-bond donors (Lipinski definition) is 0. The molecule has 1 aliphatic carbocycles. The molecule has 0 N–H and O–H groups in total. The molecule has 1 aromatic heterocycles. The van der Waals surface area contributed by atoms with Gasteiger partial charge in [-0.15, -0.1) is 0 Å². The van der Waals surface area contributed by atoms with Gasteiger partial charge in [0.15, 0.2) is 0 Å². The summed E-state index contributed by atoms with van der Waals surface area (Å²) in [6.45, 7) is 11.2. The van der Waals surface area contributed by atoms with Crippen LogP contribution in [0.5, 0.6) is 0 Å². The highest BCUT2D eigenvalue weighted by Gasteiger charge is 2.12. The predicted octanol–water partition coefficient (Wildman–Crippen LogP) is 6.14. The lowest BCUT2D eigenvalue weighted by molar-refractivity contribution is 0.789. The molecule has 0 saturated carbocycles. The fourth-order valence-corrected chi connectivity index (χ4v) is 2.49. The molecular weight excluding hydrogens is 242 g/mol. The monoisotopic (exact) mass is 269 g/mol. The molecule has 0 radical (unpaired) electrons. The first-order valence-electron chi connectivity index (χ1n) is 7.86. The van der Waals surface area contributed by atoms with E-state index in [-0.39, 0.29) is 0 Å². The van der Waals surface area contributed by atoms with E-state index in [1.54, 1.807) is 0 Å². The first-order valence-corrected chi connectivity index (χ1v) is 7.86. The zero-order valence-corrected chi connectivity index (χ0v) is 13.5. The summed E-state index contributed by atoms with van der Waals surface area (Å²) in [6.07, 6.45) is 10.00. The van der Waals surface area contributed by atoms with Crippen molar-refractivity contribution >= 4 is 23.1 Å². The van der Waals surface area contributed by atoms with Crippen LogP contribution in [0, 0.1) is 0 Å². The Morgan fingerprint density at radius 1 is 0.950 bits per heavy atom. The number of para-hydroxylation sites is 1. The van der Waals surface area contributed by atoms with Gasteiger partial charge in [0, 0.05) is 28.7 Å². The van der Waals surface area contributed by atoms with Crippen LogP contribution in [0.1, 0.15) is 52.3 Å². The lowest BCUT2D eigenvalue weighted by Gasteiger charge is -2.03. The molecule has 0 saturated heterocycles. The number of benzene rings is 1. The van der Waals surface area contributed by atoms with Gasteiger partial charge in [0.05, 0.1) is 0 Å². The van der Waals surface area contributed by atoms with Crippen LogP contribution in [0.2, 0.25) is 0 Å². The lowest BCUT2D eigenvalue weighted by Crippen LogP contribution is -1.96. The number of aromatic nitrogens is 1. The molecule has 1 aliphatic rings. The van der Waals surface area contributed by atoms with Gasteiger partial charge in [0.25, 0.3) is 0 Å². The van der Waals surface area contributed by atoms with Gasteiger partial charge in [-0.1, -0.05) is 64.1 Å². The number of fused-ring (bicyclic) bond motifs is 3. The van der Waals surface area contributed by atoms with E-state index >= 15 is 0 Å².